The van der Waals surface area contributed by atoms with Crippen LogP contribution in [0.1, 0.15) is 21.8 Å². The lowest BCUT2D eigenvalue weighted by molar-refractivity contribution is -0.121. The standard InChI is InChI=1S/C14H16N4O2S2/c19-12(16-9-3-4-15-7-9)6-10-8-22-14(17-10)18-13(20)11-2-1-5-21-11/h1-2,5,8-9,15H,3-4,6-7H2,(H,16,19)(H,17,18,20). The van der Waals surface area contributed by atoms with E-state index in [9.17, 15) is 9.59 Å². The van der Waals surface area contributed by atoms with Crippen molar-refractivity contribution in [2.75, 3.05) is 18.4 Å². The van der Waals surface area contributed by atoms with E-state index in [0.29, 0.717) is 15.7 Å². The van der Waals surface area contributed by atoms with E-state index in [1.54, 1.807) is 11.4 Å². The lowest BCUT2D eigenvalue weighted by atomic mass is 10.2. The molecular weight excluding hydrogens is 320 g/mol. The fourth-order valence-corrected chi connectivity index (χ4v) is 3.56. The number of nitrogens with one attached hydrogen (secondary N) is 3. The molecule has 1 aliphatic rings. The number of thiophene rings is 1. The topological polar surface area (TPSA) is 83.1 Å². The third-order valence-electron chi connectivity index (χ3n) is 3.28. The average Bonchev–Trinajstić information content (AvgIpc) is 3.20. The van der Waals surface area contributed by atoms with Gasteiger partial charge in [0.2, 0.25) is 5.91 Å². The van der Waals surface area contributed by atoms with E-state index in [2.05, 4.69) is 20.9 Å². The highest BCUT2D eigenvalue weighted by Crippen LogP contribution is 2.18. The molecule has 3 N–H and O–H groups in total. The number of rotatable bonds is 5. The van der Waals surface area contributed by atoms with Gasteiger partial charge in [0.1, 0.15) is 0 Å². The summed E-state index contributed by atoms with van der Waals surface area (Å²) in [5.74, 6) is -0.201. The van der Waals surface area contributed by atoms with Gasteiger partial charge in [0.15, 0.2) is 5.13 Å². The molecule has 0 bridgehead atoms. The number of amides is 2. The van der Waals surface area contributed by atoms with Gasteiger partial charge in [0, 0.05) is 18.0 Å². The van der Waals surface area contributed by atoms with Crippen molar-refractivity contribution in [2.45, 2.75) is 18.9 Å². The summed E-state index contributed by atoms with van der Waals surface area (Å²) in [4.78, 5) is 28.8. The van der Waals surface area contributed by atoms with Crippen molar-refractivity contribution in [3.8, 4) is 0 Å². The Balaban J connectivity index is 1.52. The maximum absolute atomic E-state index is 11.9. The van der Waals surface area contributed by atoms with Crippen molar-refractivity contribution < 1.29 is 9.59 Å². The fourth-order valence-electron chi connectivity index (χ4n) is 2.23. The highest BCUT2D eigenvalue weighted by molar-refractivity contribution is 7.14. The van der Waals surface area contributed by atoms with Crippen LogP contribution < -0.4 is 16.0 Å². The van der Waals surface area contributed by atoms with Crippen LogP contribution in [0.25, 0.3) is 0 Å². The summed E-state index contributed by atoms with van der Waals surface area (Å²) in [6.45, 7) is 1.77. The maximum atomic E-state index is 11.9. The maximum Gasteiger partial charge on any atom is 0.267 e. The van der Waals surface area contributed by atoms with E-state index in [-0.39, 0.29) is 24.3 Å². The van der Waals surface area contributed by atoms with Crippen LogP contribution in [-0.4, -0.2) is 35.9 Å². The first kappa shape index (κ1) is 15.1. The van der Waals surface area contributed by atoms with Crippen molar-refractivity contribution in [1.82, 2.24) is 15.6 Å². The van der Waals surface area contributed by atoms with Crippen molar-refractivity contribution in [3.05, 3.63) is 33.5 Å². The molecule has 0 radical (unpaired) electrons. The summed E-state index contributed by atoms with van der Waals surface area (Å²) >= 11 is 2.71. The number of nitrogens with zero attached hydrogens (tertiary/aromatic N) is 1. The number of carbonyl (C=O) groups excluding carboxylic acids is 2. The molecule has 0 aliphatic carbocycles. The Labute approximate surface area is 136 Å². The minimum Gasteiger partial charge on any atom is -0.352 e. The summed E-state index contributed by atoms with van der Waals surface area (Å²) < 4.78 is 0. The normalized spacial score (nSPS) is 17.4. The summed E-state index contributed by atoms with van der Waals surface area (Å²) in [6.07, 6.45) is 1.20. The monoisotopic (exact) mass is 336 g/mol. The number of anilines is 1. The van der Waals surface area contributed by atoms with Gasteiger partial charge < -0.3 is 10.6 Å². The van der Waals surface area contributed by atoms with Crippen molar-refractivity contribution in [3.63, 3.8) is 0 Å². The molecular formula is C14H16N4O2S2. The predicted molar refractivity (Wildman–Crippen MR) is 87.5 cm³/mol. The Morgan fingerprint density at radius 3 is 3.05 bits per heavy atom. The molecule has 0 saturated carbocycles. The van der Waals surface area contributed by atoms with Gasteiger partial charge in [-0.3, -0.25) is 14.9 Å². The van der Waals surface area contributed by atoms with Crippen LogP contribution in [-0.2, 0) is 11.2 Å². The van der Waals surface area contributed by atoms with Gasteiger partial charge in [-0.2, -0.15) is 0 Å². The lowest BCUT2D eigenvalue weighted by Crippen LogP contribution is -2.37. The van der Waals surface area contributed by atoms with Crippen molar-refractivity contribution in [1.29, 1.82) is 0 Å². The molecule has 1 unspecified atom stereocenters. The largest absolute Gasteiger partial charge is 0.352 e. The molecule has 2 aromatic rings. The highest BCUT2D eigenvalue weighted by Gasteiger charge is 2.17. The van der Waals surface area contributed by atoms with Crippen LogP contribution in [0.3, 0.4) is 0 Å². The molecule has 8 heteroatoms. The molecule has 22 heavy (non-hydrogen) atoms. The smallest absolute Gasteiger partial charge is 0.267 e. The van der Waals surface area contributed by atoms with Gasteiger partial charge in [-0.25, -0.2) is 4.98 Å². The second kappa shape index (κ2) is 6.99. The quantitative estimate of drug-likeness (QED) is 0.772. The molecule has 2 amide bonds. The molecule has 1 aliphatic heterocycles. The number of carbonyl (C=O) groups is 2. The Hall–Kier alpha value is -1.77. The first-order valence-electron chi connectivity index (χ1n) is 7.00. The number of thiazole rings is 1. The van der Waals surface area contributed by atoms with E-state index < -0.39 is 0 Å². The Bertz CT molecular complexity index is 648. The van der Waals surface area contributed by atoms with Crippen molar-refractivity contribution in [2.24, 2.45) is 0 Å². The minimum atomic E-state index is -0.169. The van der Waals surface area contributed by atoms with Crippen LogP contribution >= 0.6 is 22.7 Å². The van der Waals surface area contributed by atoms with Gasteiger partial charge >= 0.3 is 0 Å². The third-order valence-corrected chi connectivity index (χ3v) is 4.96. The number of aromatic nitrogens is 1. The van der Waals surface area contributed by atoms with Crippen LogP contribution in [0.15, 0.2) is 22.9 Å². The first-order valence-corrected chi connectivity index (χ1v) is 8.76. The summed E-state index contributed by atoms with van der Waals surface area (Å²) in [5.41, 5.74) is 0.676. The van der Waals surface area contributed by atoms with Crippen LogP contribution in [0.5, 0.6) is 0 Å². The van der Waals surface area contributed by atoms with Crippen LogP contribution in [0.2, 0.25) is 0 Å². The molecule has 0 aromatic carbocycles. The van der Waals surface area contributed by atoms with Gasteiger partial charge in [0.05, 0.1) is 17.0 Å². The van der Waals surface area contributed by atoms with Gasteiger partial charge in [-0.1, -0.05) is 6.07 Å². The molecule has 3 heterocycles. The van der Waals surface area contributed by atoms with E-state index in [4.69, 9.17) is 0 Å². The second-order valence-corrected chi connectivity index (χ2v) is 6.82. The summed E-state index contributed by atoms with van der Waals surface area (Å²) in [7, 11) is 0. The zero-order chi connectivity index (χ0) is 15.4. The third kappa shape index (κ3) is 3.90. The molecule has 3 rings (SSSR count). The SMILES string of the molecule is O=C(Cc1csc(NC(=O)c2cccs2)n1)NC1CCNC1. The van der Waals surface area contributed by atoms with Gasteiger partial charge in [-0.05, 0) is 24.4 Å². The Kier molecular flexibility index (Phi) is 4.81. The van der Waals surface area contributed by atoms with Crippen LogP contribution in [0.4, 0.5) is 5.13 Å². The van der Waals surface area contributed by atoms with Crippen LogP contribution in [0, 0.1) is 0 Å². The Morgan fingerprint density at radius 1 is 1.41 bits per heavy atom. The average molecular weight is 336 g/mol. The molecule has 1 fully saturated rings. The zero-order valence-electron chi connectivity index (χ0n) is 11.8. The predicted octanol–water partition coefficient (Wildman–Crippen LogP) is 1.48. The second-order valence-electron chi connectivity index (χ2n) is 5.01. The molecule has 1 saturated heterocycles. The zero-order valence-corrected chi connectivity index (χ0v) is 13.4. The summed E-state index contributed by atoms with van der Waals surface area (Å²) in [5, 5.41) is 13.1. The van der Waals surface area contributed by atoms with E-state index >= 15 is 0 Å². The first-order chi connectivity index (χ1) is 10.7. The highest BCUT2D eigenvalue weighted by atomic mass is 32.1. The molecule has 2 aromatic heterocycles. The van der Waals surface area contributed by atoms with E-state index in [0.717, 1.165) is 19.5 Å². The number of hydrogen-bond donors (Lipinski definition) is 3. The molecule has 1 atom stereocenters. The Morgan fingerprint density at radius 2 is 2.32 bits per heavy atom. The van der Waals surface area contributed by atoms with Crippen molar-refractivity contribution >= 4 is 39.6 Å². The van der Waals surface area contributed by atoms with E-state index in [1.807, 2.05) is 11.4 Å². The lowest BCUT2D eigenvalue weighted by Gasteiger charge is -2.10. The molecule has 6 nitrogen and oxygen atoms in total. The van der Waals surface area contributed by atoms with Gasteiger partial charge in [0.25, 0.3) is 5.91 Å². The van der Waals surface area contributed by atoms with E-state index in [1.165, 1.54) is 22.7 Å². The number of hydrogen-bond acceptors (Lipinski definition) is 6. The van der Waals surface area contributed by atoms with Gasteiger partial charge in [-0.15, -0.1) is 22.7 Å². The molecule has 116 valence electrons. The molecule has 0 spiro atoms. The summed E-state index contributed by atoms with van der Waals surface area (Å²) in [6, 6.07) is 3.80. The minimum absolute atomic E-state index is 0.0323. The fraction of sp³-hybridized carbons (Fsp3) is 0.357.